The molecule has 0 aliphatic heterocycles. The Hall–Kier alpha value is -6.81. The zero-order valence-electron chi connectivity index (χ0n) is 42.6. The summed E-state index contributed by atoms with van der Waals surface area (Å²) in [5, 5.41) is 13.9. The topological polar surface area (TPSA) is 391 Å². The average molecular weight is 1190 g/mol. The molecule has 6 aromatic carbocycles. The Bertz CT molecular complexity index is 4120. The van der Waals surface area contributed by atoms with Crippen LogP contribution >= 0.6 is 0 Å². The normalized spacial score (nSPS) is 11.7. The molecule has 0 aliphatic rings. The fraction of sp³-hybridized carbons (Fsp3) is 0.0816. The van der Waals surface area contributed by atoms with Crippen LogP contribution < -0.4 is 91.0 Å². The molecule has 80 heavy (non-hydrogen) atoms. The average Bonchev–Trinajstić information content (AvgIpc) is 4.08. The number of urea groups is 1. The third-order valence-corrected chi connectivity index (χ3v) is 15.7. The Kier molecular flexibility index (Phi) is 18.5. The van der Waals surface area contributed by atoms with Crippen molar-refractivity contribution in [2.45, 2.75) is 33.4 Å². The van der Waals surface area contributed by atoms with Gasteiger partial charge in [0.05, 0.1) is 32.5 Å². The van der Waals surface area contributed by atoms with Crippen molar-refractivity contribution in [3.8, 4) is 0 Å². The van der Waals surface area contributed by atoms with Crippen LogP contribution in [0.4, 0.5) is 38.9 Å². The number of fused-ring (bicyclic) bond motifs is 2. The molecule has 0 unspecified atom stereocenters. The first-order chi connectivity index (χ1) is 36.4. The van der Waals surface area contributed by atoms with Crippen molar-refractivity contribution >= 4 is 126 Å². The number of carbonyl (C=O) groups is 5. The summed E-state index contributed by atoms with van der Waals surface area (Å²) in [7, 11) is -17.4. The number of amides is 6. The molecule has 0 atom stereocenters. The van der Waals surface area contributed by atoms with Gasteiger partial charge in [-0.2, -0.15) is 16.8 Å². The van der Waals surface area contributed by atoms with Crippen molar-refractivity contribution in [2.75, 3.05) is 31.9 Å². The standard InChI is InChI=1S/C49H42N8O17S4.2Na/c1-25-11-13-27(45(58)52-35-17-15-31-33(43(35)77(69,70)71)7-5-9-41(31)75(63,64)65)19-37(25)54-47(60)39-21-29(23-56(39)3)50-49(62)51-30-22-40(57(4)24-30)48(61)55-38-20-28(14-12-26(38)2)46(59)53-36-18-16-32-34(44(36)78(72,73)74)8-6-10-42(32)76(66,67)68;;/h5-24H,1-4H3,(H,52,58)(H,53,59)(H,54,60)(H,55,61)(H2,50,51,62)(H,63,64,65)(H,66,67,68)(H,69,70,71)(H,72,73,74);;/q;2*+1/p-2. The van der Waals surface area contributed by atoms with Gasteiger partial charge in [0.15, 0.2) is 0 Å². The van der Waals surface area contributed by atoms with E-state index in [1.54, 1.807) is 13.8 Å². The molecule has 8 aromatic rings. The third kappa shape index (κ3) is 13.5. The summed E-state index contributed by atoms with van der Waals surface area (Å²) in [6, 6.07) is 20.8. The van der Waals surface area contributed by atoms with Gasteiger partial charge in [0.2, 0.25) is 0 Å². The van der Waals surface area contributed by atoms with E-state index in [1.165, 1.54) is 90.2 Å². The van der Waals surface area contributed by atoms with Crippen molar-refractivity contribution in [1.29, 1.82) is 0 Å². The van der Waals surface area contributed by atoms with E-state index in [9.17, 15) is 75.9 Å². The Labute approximate surface area is 500 Å². The number of nitrogens with zero attached hydrogens (tertiary/aromatic N) is 2. The van der Waals surface area contributed by atoms with Crippen molar-refractivity contribution < 1.29 is 135 Å². The van der Waals surface area contributed by atoms with Crippen molar-refractivity contribution in [2.24, 2.45) is 14.1 Å². The van der Waals surface area contributed by atoms with E-state index < -0.39 is 106 Å². The number of nitrogens with one attached hydrogen (secondary N) is 6. The Morgan fingerprint density at radius 1 is 0.438 bits per heavy atom. The molecule has 2 heterocycles. The van der Waals surface area contributed by atoms with Crippen LogP contribution in [0.2, 0.25) is 0 Å². The summed E-state index contributed by atoms with van der Waals surface area (Å²) >= 11 is 0. The summed E-state index contributed by atoms with van der Waals surface area (Å²) in [6.07, 6.45) is 2.84. The predicted octanol–water partition coefficient (Wildman–Crippen LogP) is 0.250. The van der Waals surface area contributed by atoms with Gasteiger partial charge in [-0.15, -0.1) is 0 Å². The first-order valence-corrected chi connectivity index (χ1v) is 27.9. The summed E-state index contributed by atoms with van der Waals surface area (Å²) in [5.74, 6) is -3.20. The molecular formula is C49H40N8Na2O17S4. The minimum atomic E-state index is -5.38. The fourth-order valence-corrected chi connectivity index (χ4v) is 11.4. The van der Waals surface area contributed by atoms with Gasteiger partial charge in [0.1, 0.15) is 41.4 Å². The molecule has 0 spiro atoms. The van der Waals surface area contributed by atoms with Crippen molar-refractivity contribution in [3.63, 3.8) is 0 Å². The summed E-state index contributed by atoms with van der Waals surface area (Å²) in [5.41, 5.74) is 0.520. The van der Waals surface area contributed by atoms with Gasteiger partial charge in [-0.25, -0.2) is 21.6 Å². The minimum Gasteiger partial charge on any atom is -0.744 e. The molecule has 0 saturated carbocycles. The molecule has 31 heteroatoms. The summed E-state index contributed by atoms with van der Waals surface area (Å²) in [6.45, 7) is 3.24. The van der Waals surface area contributed by atoms with Crippen LogP contribution in [0.25, 0.3) is 21.5 Å². The molecule has 8 N–H and O–H groups in total. The molecule has 8 rings (SSSR count). The third-order valence-electron chi connectivity index (χ3n) is 12.0. The molecule has 404 valence electrons. The van der Waals surface area contributed by atoms with Crippen LogP contribution in [-0.4, -0.2) is 90.7 Å². The maximum absolute atomic E-state index is 13.6. The molecule has 0 bridgehead atoms. The summed E-state index contributed by atoms with van der Waals surface area (Å²) in [4.78, 5) is 64.1. The minimum absolute atomic E-state index is 0. The number of aryl methyl sites for hydroxylation is 4. The molecule has 0 aliphatic carbocycles. The zero-order valence-corrected chi connectivity index (χ0v) is 49.9. The van der Waals surface area contributed by atoms with Gasteiger partial charge in [-0.3, -0.25) is 28.3 Å². The first-order valence-electron chi connectivity index (χ1n) is 22.2. The van der Waals surface area contributed by atoms with Crippen LogP contribution in [0.5, 0.6) is 0 Å². The second kappa shape index (κ2) is 23.7. The quantitative estimate of drug-likeness (QED) is 0.0534. The maximum atomic E-state index is 13.6. The van der Waals surface area contributed by atoms with E-state index in [0.29, 0.717) is 11.1 Å². The van der Waals surface area contributed by atoms with Gasteiger partial charge in [-0.05, 0) is 85.6 Å². The van der Waals surface area contributed by atoms with Crippen LogP contribution in [-0.2, 0) is 54.6 Å². The van der Waals surface area contributed by atoms with Gasteiger partial charge in [-0.1, -0.05) is 48.5 Å². The predicted molar refractivity (Wildman–Crippen MR) is 281 cm³/mol. The number of hydrogen-bond donors (Lipinski definition) is 8. The van der Waals surface area contributed by atoms with E-state index in [0.717, 1.165) is 54.6 Å². The molecule has 0 saturated heterocycles. The molecule has 6 amide bonds. The molecule has 0 radical (unpaired) electrons. The smallest absolute Gasteiger partial charge is 0.744 e. The van der Waals surface area contributed by atoms with Crippen LogP contribution in [0.15, 0.2) is 141 Å². The van der Waals surface area contributed by atoms with Crippen LogP contribution in [0.3, 0.4) is 0 Å². The second-order valence-electron chi connectivity index (χ2n) is 17.4. The molecular weight excluding hydrogens is 1150 g/mol. The van der Waals surface area contributed by atoms with Gasteiger partial charge in [0.25, 0.3) is 43.9 Å². The van der Waals surface area contributed by atoms with E-state index >= 15 is 0 Å². The number of carbonyl (C=O) groups excluding carboxylic acids is 5. The SMILES string of the molecule is Cc1ccc(C(=O)Nc2ccc3c(S(=O)(=O)[O-])cccc3c2S(=O)(=O)[O-])cc1NC(=O)c1cc(NC(=O)Nc2cc(C(=O)Nc3cc(C(=O)Nc4ccc5c(S(=O)(=O)O)cccc5c4S(=O)(=O)O)ccc3C)n(C)c2)cn1C.[Na+].[Na+]. The Morgan fingerprint density at radius 3 is 1.25 bits per heavy atom. The van der Waals surface area contributed by atoms with Crippen molar-refractivity contribution in [3.05, 3.63) is 155 Å². The number of benzene rings is 6. The number of aromatic nitrogens is 2. The van der Waals surface area contributed by atoms with Gasteiger partial charge >= 0.3 is 65.1 Å². The van der Waals surface area contributed by atoms with Crippen LogP contribution in [0.1, 0.15) is 52.8 Å². The first kappa shape index (κ1) is 62.4. The fourth-order valence-electron chi connectivity index (χ4n) is 8.36. The largest absolute Gasteiger partial charge is 1.00 e. The molecule has 2 aromatic heterocycles. The van der Waals surface area contributed by atoms with Crippen molar-refractivity contribution in [1.82, 2.24) is 9.13 Å². The van der Waals surface area contributed by atoms with Crippen LogP contribution in [0, 0.1) is 13.8 Å². The molecule has 25 nitrogen and oxygen atoms in total. The number of rotatable bonds is 14. The zero-order chi connectivity index (χ0) is 57.0. The number of hydrogen-bond acceptors (Lipinski definition) is 15. The maximum Gasteiger partial charge on any atom is 1.00 e. The molecule has 0 fully saturated rings. The van der Waals surface area contributed by atoms with E-state index in [1.807, 2.05) is 0 Å². The van der Waals surface area contributed by atoms with E-state index in [2.05, 4.69) is 31.9 Å². The summed E-state index contributed by atoms with van der Waals surface area (Å²) < 4.78 is 144. The second-order valence-corrected chi connectivity index (χ2v) is 22.8. The number of anilines is 6. The monoisotopic (exact) mass is 1190 g/mol. The Balaban J connectivity index is 0.00000516. The van der Waals surface area contributed by atoms with E-state index in [-0.39, 0.29) is 121 Å². The van der Waals surface area contributed by atoms with Gasteiger partial charge < -0.3 is 50.1 Å². The van der Waals surface area contributed by atoms with E-state index in [4.69, 9.17) is 0 Å². The van der Waals surface area contributed by atoms with Gasteiger partial charge in [0, 0.05) is 70.5 Å². The Morgan fingerprint density at radius 2 is 0.838 bits per heavy atom.